The molecule has 0 fully saturated rings. The van der Waals surface area contributed by atoms with Crippen molar-refractivity contribution in [2.45, 2.75) is 18.2 Å². The zero-order valence-corrected chi connectivity index (χ0v) is 11.2. The van der Waals surface area contributed by atoms with Crippen LogP contribution in [0.2, 0.25) is 5.02 Å². The normalized spacial score (nSPS) is 11.7. The Morgan fingerprint density at radius 1 is 1.59 bits per heavy atom. The monoisotopic (exact) mass is 274 g/mol. The molecular weight excluding hydrogens is 260 g/mol. The molecule has 0 unspecified atom stereocenters. The van der Waals surface area contributed by atoms with Gasteiger partial charge in [-0.25, -0.2) is 8.42 Å². The van der Waals surface area contributed by atoms with Gasteiger partial charge in [0, 0.05) is 25.5 Å². The van der Waals surface area contributed by atoms with Crippen molar-refractivity contribution in [2.75, 3.05) is 13.1 Å². The van der Waals surface area contributed by atoms with E-state index in [9.17, 15) is 8.42 Å². The number of pyridine rings is 1. The minimum atomic E-state index is -3.59. The second-order valence-electron chi connectivity index (χ2n) is 3.46. The molecule has 0 aliphatic carbocycles. The van der Waals surface area contributed by atoms with Gasteiger partial charge in [0.15, 0.2) is 0 Å². The topological polar surface area (TPSA) is 50.3 Å². The molecule has 0 aromatic carbocycles. The first-order valence-corrected chi connectivity index (χ1v) is 7.06. The third kappa shape index (κ3) is 3.28. The maximum Gasteiger partial charge on any atom is 0.246 e. The summed E-state index contributed by atoms with van der Waals surface area (Å²) in [7, 11) is -3.59. The summed E-state index contributed by atoms with van der Waals surface area (Å²) in [6.45, 7) is 6.17. The molecule has 1 rings (SSSR count). The first-order chi connectivity index (χ1) is 8.04. The molecule has 0 atom stereocenters. The minimum Gasteiger partial charge on any atom is -0.263 e. The fraction of sp³-hybridized carbons (Fsp3) is 0.364. The van der Waals surface area contributed by atoms with Crippen molar-refractivity contribution >= 4 is 21.6 Å². The van der Waals surface area contributed by atoms with Gasteiger partial charge in [-0.1, -0.05) is 24.6 Å². The van der Waals surface area contributed by atoms with Crippen LogP contribution in [0.3, 0.4) is 0 Å². The lowest BCUT2D eigenvalue weighted by molar-refractivity contribution is 0.441. The second kappa shape index (κ2) is 6.14. The predicted octanol–water partition coefficient (Wildman–Crippen LogP) is 2.32. The van der Waals surface area contributed by atoms with Gasteiger partial charge in [-0.3, -0.25) is 4.98 Å². The molecule has 1 aromatic heterocycles. The van der Waals surface area contributed by atoms with Crippen LogP contribution < -0.4 is 0 Å². The fourth-order valence-electron chi connectivity index (χ4n) is 1.39. The summed E-state index contributed by atoms with van der Waals surface area (Å²) in [5, 5.41) is 0.185. The smallest absolute Gasteiger partial charge is 0.246 e. The first-order valence-electron chi connectivity index (χ1n) is 5.24. The number of aromatic nitrogens is 1. The molecule has 0 N–H and O–H groups in total. The van der Waals surface area contributed by atoms with Crippen LogP contribution in [-0.2, 0) is 10.0 Å². The van der Waals surface area contributed by atoms with E-state index in [0.29, 0.717) is 6.54 Å². The van der Waals surface area contributed by atoms with Gasteiger partial charge in [-0.2, -0.15) is 4.31 Å². The molecule has 6 heteroatoms. The molecule has 0 bridgehead atoms. The fourth-order valence-corrected chi connectivity index (χ4v) is 3.30. The van der Waals surface area contributed by atoms with Gasteiger partial charge in [0.1, 0.15) is 4.90 Å². The van der Waals surface area contributed by atoms with E-state index in [-0.39, 0.29) is 16.5 Å². The van der Waals surface area contributed by atoms with Crippen LogP contribution in [0.15, 0.2) is 36.0 Å². The van der Waals surface area contributed by atoms with Crippen LogP contribution in [0.1, 0.15) is 13.3 Å². The van der Waals surface area contributed by atoms with Gasteiger partial charge in [0.2, 0.25) is 10.0 Å². The largest absolute Gasteiger partial charge is 0.263 e. The Morgan fingerprint density at radius 2 is 2.29 bits per heavy atom. The van der Waals surface area contributed by atoms with Crippen LogP contribution in [0.4, 0.5) is 0 Å². The lowest BCUT2D eigenvalue weighted by atomic mass is 10.5. The Kier molecular flexibility index (Phi) is 5.11. The number of rotatable bonds is 6. The molecule has 94 valence electrons. The maximum atomic E-state index is 12.3. The van der Waals surface area contributed by atoms with Gasteiger partial charge >= 0.3 is 0 Å². The van der Waals surface area contributed by atoms with Gasteiger partial charge in [-0.15, -0.1) is 6.58 Å². The van der Waals surface area contributed by atoms with Crippen molar-refractivity contribution in [3.8, 4) is 0 Å². The lowest BCUT2D eigenvalue weighted by Gasteiger charge is -2.20. The summed E-state index contributed by atoms with van der Waals surface area (Å²) in [5.41, 5.74) is 0. The molecule has 0 spiro atoms. The van der Waals surface area contributed by atoms with E-state index >= 15 is 0 Å². The molecule has 0 radical (unpaired) electrons. The molecule has 1 heterocycles. The first kappa shape index (κ1) is 14.2. The number of nitrogens with zero attached hydrogens (tertiary/aromatic N) is 2. The van der Waals surface area contributed by atoms with Crippen molar-refractivity contribution in [3.05, 3.63) is 36.1 Å². The molecule has 0 aliphatic heterocycles. The van der Waals surface area contributed by atoms with Gasteiger partial charge in [-0.05, 0) is 12.5 Å². The van der Waals surface area contributed by atoms with Crippen molar-refractivity contribution in [1.29, 1.82) is 0 Å². The van der Waals surface area contributed by atoms with Crippen LogP contribution >= 0.6 is 11.6 Å². The van der Waals surface area contributed by atoms with Crippen molar-refractivity contribution in [1.82, 2.24) is 9.29 Å². The zero-order chi connectivity index (χ0) is 12.9. The predicted molar refractivity (Wildman–Crippen MR) is 68.5 cm³/mol. The van der Waals surface area contributed by atoms with Crippen LogP contribution in [-0.4, -0.2) is 30.8 Å². The third-order valence-corrected chi connectivity index (χ3v) is 4.49. The molecule has 0 aliphatic rings. The Labute approximate surface area is 107 Å². The van der Waals surface area contributed by atoms with E-state index in [0.717, 1.165) is 6.42 Å². The van der Waals surface area contributed by atoms with E-state index in [2.05, 4.69) is 11.6 Å². The quantitative estimate of drug-likeness (QED) is 0.748. The average molecular weight is 275 g/mol. The van der Waals surface area contributed by atoms with E-state index < -0.39 is 10.0 Å². The van der Waals surface area contributed by atoms with Gasteiger partial charge in [0.05, 0.1) is 5.02 Å². The molecule has 4 nitrogen and oxygen atoms in total. The molecule has 0 saturated heterocycles. The highest BCUT2D eigenvalue weighted by molar-refractivity contribution is 7.89. The van der Waals surface area contributed by atoms with Gasteiger partial charge < -0.3 is 0 Å². The number of hydrogen-bond donors (Lipinski definition) is 0. The van der Waals surface area contributed by atoms with E-state index in [4.69, 9.17) is 11.6 Å². The second-order valence-corrected chi connectivity index (χ2v) is 5.77. The SMILES string of the molecule is C=CCN(CCC)S(=O)(=O)c1cnccc1Cl. The summed E-state index contributed by atoms with van der Waals surface area (Å²) < 4.78 is 25.9. The Hall–Kier alpha value is -0.910. The van der Waals surface area contributed by atoms with Crippen LogP contribution in [0.25, 0.3) is 0 Å². The highest BCUT2D eigenvalue weighted by atomic mass is 35.5. The Morgan fingerprint density at radius 3 is 2.82 bits per heavy atom. The third-order valence-electron chi connectivity index (χ3n) is 2.16. The summed E-state index contributed by atoms with van der Waals surface area (Å²) in [6.07, 6.45) is 5.00. The Bertz CT molecular complexity index is 488. The summed E-state index contributed by atoms with van der Waals surface area (Å²) in [4.78, 5) is 3.84. The number of hydrogen-bond acceptors (Lipinski definition) is 3. The standard InChI is InChI=1S/C11H15ClN2O2S/c1-3-7-14(8-4-2)17(15,16)11-9-13-6-5-10(11)12/h3,5-6,9H,1,4,7-8H2,2H3. The van der Waals surface area contributed by atoms with Gasteiger partial charge in [0.25, 0.3) is 0 Å². The highest BCUT2D eigenvalue weighted by Gasteiger charge is 2.25. The summed E-state index contributed by atoms with van der Waals surface area (Å²) in [6, 6.07) is 1.46. The van der Waals surface area contributed by atoms with Crippen LogP contribution in [0, 0.1) is 0 Å². The molecule has 1 aromatic rings. The lowest BCUT2D eigenvalue weighted by Crippen LogP contribution is -2.32. The van der Waals surface area contributed by atoms with Crippen molar-refractivity contribution in [3.63, 3.8) is 0 Å². The highest BCUT2D eigenvalue weighted by Crippen LogP contribution is 2.23. The summed E-state index contributed by atoms with van der Waals surface area (Å²) >= 11 is 5.88. The maximum absolute atomic E-state index is 12.3. The van der Waals surface area contributed by atoms with E-state index in [1.54, 1.807) is 6.08 Å². The Balaban J connectivity index is 3.16. The zero-order valence-electron chi connectivity index (χ0n) is 9.63. The molecule has 17 heavy (non-hydrogen) atoms. The molecule has 0 saturated carbocycles. The van der Waals surface area contributed by atoms with Crippen molar-refractivity contribution in [2.24, 2.45) is 0 Å². The molecular formula is C11H15ClN2O2S. The minimum absolute atomic E-state index is 0.0389. The number of halogens is 1. The van der Waals surface area contributed by atoms with E-state index in [1.165, 1.54) is 22.8 Å². The average Bonchev–Trinajstić information content (AvgIpc) is 2.29. The number of sulfonamides is 1. The van der Waals surface area contributed by atoms with E-state index in [1.807, 2.05) is 6.92 Å². The molecule has 0 amide bonds. The summed E-state index contributed by atoms with van der Waals surface area (Å²) in [5.74, 6) is 0. The van der Waals surface area contributed by atoms with Crippen LogP contribution in [0.5, 0.6) is 0 Å². The van der Waals surface area contributed by atoms with Crippen molar-refractivity contribution < 1.29 is 8.42 Å².